The van der Waals surface area contributed by atoms with Crippen LogP contribution in [0.15, 0.2) is 66.7 Å². The van der Waals surface area contributed by atoms with Crippen molar-refractivity contribution in [2.24, 2.45) is 0 Å². The average molecular weight is 533 g/mol. The van der Waals surface area contributed by atoms with E-state index in [-0.39, 0.29) is 24.2 Å². The van der Waals surface area contributed by atoms with Crippen molar-refractivity contribution in [3.05, 3.63) is 77.9 Å². The average Bonchev–Trinajstić information content (AvgIpc) is 3.37. The molecule has 2 fully saturated rings. The molecular weight excluding hydrogens is 484 g/mol. The number of unbranched alkanes of at least 4 members (excludes halogenated alkanes) is 2. The molecule has 0 bridgehead atoms. The van der Waals surface area contributed by atoms with Crippen molar-refractivity contribution in [1.29, 1.82) is 0 Å². The number of amides is 2. The molecule has 0 aromatic heterocycles. The summed E-state index contributed by atoms with van der Waals surface area (Å²) in [4.78, 5) is 18.5. The molecule has 2 aromatic carbocycles. The first-order valence-corrected chi connectivity index (χ1v) is 15.1. The maximum absolute atomic E-state index is 14.2. The number of ether oxygens (including phenoxy) is 2. The zero-order valence-electron chi connectivity index (χ0n) is 24.3. The molecule has 5 nitrogen and oxygen atoms in total. The van der Waals surface area contributed by atoms with E-state index in [1.807, 2.05) is 18.2 Å². The Bertz CT molecular complexity index is 1020. The van der Waals surface area contributed by atoms with Crippen LogP contribution in [0.2, 0.25) is 0 Å². The molecule has 0 radical (unpaired) electrons. The normalized spacial score (nSPS) is 21.9. The Hall–Kier alpha value is -2.79. The number of urea groups is 1. The van der Waals surface area contributed by atoms with Gasteiger partial charge < -0.3 is 19.3 Å². The van der Waals surface area contributed by atoms with Crippen LogP contribution in [0.4, 0.5) is 4.79 Å². The Balaban J connectivity index is 1.47. The van der Waals surface area contributed by atoms with E-state index in [1.165, 1.54) is 24.8 Å². The Morgan fingerprint density at radius 2 is 1.74 bits per heavy atom. The first-order valence-electron chi connectivity index (χ1n) is 15.1. The van der Waals surface area contributed by atoms with Gasteiger partial charge in [0.2, 0.25) is 0 Å². The van der Waals surface area contributed by atoms with Crippen LogP contribution in [0, 0.1) is 0 Å². The van der Waals surface area contributed by atoms with Crippen molar-refractivity contribution < 1.29 is 14.3 Å². The third kappa shape index (κ3) is 8.11. The van der Waals surface area contributed by atoms with Crippen LogP contribution in [0.25, 0.3) is 0 Å². The lowest BCUT2D eigenvalue weighted by atomic mass is 9.97. The van der Waals surface area contributed by atoms with Gasteiger partial charge in [-0.2, -0.15) is 0 Å². The quantitative estimate of drug-likeness (QED) is 0.172. The van der Waals surface area contributed by atoms with Crippen LogP contribution in [-0.4, -0.2) is 47.2 Å². The third-order valence-electron chi connectivity index (χ3n) is 8.39. The van der Waals surface area contributed by atoms with E-state index in [4.69, 9.17) is 9.47 Å². The van der Waals surface area contributed by atoms with E-state index in [0.29, 0.717) is 19.2 Å². The summed E-state index contributed by atoms with van der Waals surface area (Å²) in [6.45, 7) is 5.68. The molecule has 0 unspecified atom stereocenters. The summed E-state index contributed by atoms with van der Waals surface area (Å²) in [5.74, 6) is 0.843. The number of fused-ring (bicyclic) bond motifs is 1. The molecule has 4 rings (SSSR count). The Labute approximate surface area is 236 Å². The van der Waals surface area contributed by atoms with E-state index >= 15 is 0 Å². The maximum Gasteiger partial charge on any atom is 0.321 e. The summed E-state index contributed by atoms with van der Waals surface area (Å²) in [6.07, 6.45) is 15.4. The molecule has 2 amide bonds. The lowest BCUT2D eigenvalue weighted by Gasteiger charge is -2.46. The molecule has 5 heteroatoms. The van der Waals surface area contributed by atoms with Gasteiger partial charge in [-0.05, 0) is 68.2 Å². The molecule has 2 aliphatic heterocycles. The fourth-order valence-corrected chi connectivity index (χ4v) is 6.23. The zero-order chi connectivity index (χ0) is 27.5. The minimum Gasteiger partial charge on any atom is -0.497 e. The van der Waals surface area contributed by atoms with Gasteiger partial charge in [-0.15, -0.1) is 0 Å². The predicted molar refractivity (Wildman–Crippen MR) is 159 cm³/mol. The number of hydrogen-bond donors (Lipinski definition) is 0. The Morgan fingerprint density at radius 3 is 2.46 bits per heavy atom. The van der Waals surface area contributed by atoms with Gasteiger partial charge in [-0.3, -0.25) is 0 Å². The van der Waals surface area contributed by atoms with Crippen LogP contribution in [-0.2, 0) is 17.9 Å². The molecule has 2 aromatic rings. The van der Waals surface area contributed by atoms with Crippen LogP contribution >= 0.6 is 0 Å². The summed E-state index contributed by atoms with van der Waals surface area (Å²) in [5, 5.41) is 0. The number of rotatable bonds is 15. The molecule has 0 aliphatic carbocycles. The van der Waals surface area contributed by atoms with Gasteiger partial charge in [-0.1, -0.05) is 87.7 Å². The van der Waals surface area contributed by atoms with Gasteiger partial charge in [0.25, 0.3) is 0 Å². The number of carbonyl (C=O) groups is 1. The highest BCUT2D eigenvalue weighted by Gasteiger charge is 2.46. The third-order valence-corrected chi connectivity index (χ3v) is 8.39. The number of nitrogens with zero attached hydrogens (tertiary/aromatic N) is 2. The summed E-state index contributed by atoms with van der Waals surface area (Å²) in [6, 6.07) is 19.6. The van der Waals surface area contributed by atoms with Crippen molar-refractivity contribution in [3.63, 3.8) is 0 Å². The van der Waals surface area contributed by atoms with Crippen molar-refractivity contribution >= 4 is 6.03 Å². The molecule has 2 saturated heterocycles. The predicted octanol–water partition coefficient (Wildman–Crippen LogP) is 8.13. The molecular formula is C34H48N2O3. The molecule has 4 atom stereocenters. The number of allylic oxidation sites excluding steroid dienone is 1. The topological polar surface area (TPSA) is 42.0 Å². The van der Waals surface area contributed by atoms with Crippen LogP contribution in [0.3, 0.4) is 0 Å². The number of benzene rings is 2. The van der Waals surface area contributed by atoms with Crippen molar-refractivity contribution in [2.45, 2.75) is 115 Å². The Kier molecular flexibility index (Phi) is 11.3. The second kappa shape index (κ2) is 15.1. The first-order chi connectivity index (χ1) is 19.1. The zero-order valence-corrected chi connectivity index (χ0v) is 24.3. The minimum atomic E-state index is 0.175. The van der Waals surface area contributed by atoms with Crippen molar-refractivity contribution in [1.82, 2.24) is 9.80 Å². The fraction of sp³-hybridized carbons (Fsp3) is 0.559. The highest BCUT2D eigenvalue weighted by Crippen LogP contribution is 2.38. The van der Waals surface area contributed by atoms with Crippen LogP contribution in [0.1, 0.15) is 89.2 Å². The second-order valence-corrected chi connectivity index (χ2v) is 11.2. The van der Waals surface area contributed by atoms with E-state index in [0.717, 1.165) is 56.3 Å². The van der Waals surface area contributed by atoms with Gasteiger partial charge in [-0.25, -0.2) is 4.79 Å². The summed E-state index contributed by atoms with van der Waals surface area (Å²) in [7, 11) is 1.69. The summed E-state index contributed by atoms with van der Waals surface area (Å²) in [5.41, 5.74) is 2.36. The van der Waals surface area contributed by atoms with Crippen LogP contribution < -0.4 is 4.74 Å². The fourth-order valence-electron chi connectivity index (χ4n) is 6.23. The number of methoxy groups -OCH3 is 1. The number of carbonyl (C=O) groups excluding carboxylic acids is 1. The van der Waals surface area contributed by atoms with Gasteiger partial charge in [0.1, 0.15) is 5.75 Å². The van der Waals surface area contributed by atoms with E-state index in [2.05, 4.69) is 72.2 Å². The van der Waals surface area contributed by atoms with Crippen LogP contribution in [0.5, 0.6) is 5.75 Å². The molecule has 2 aliphatic rings. The summed E-state index contributed by atoms with van der Waals surface area (Å²) < 4.78 is 11.9. The molecule has 0 spiro atoms. The molecule has 2 heterocycles. The highest BCUT2D eigenvalue weighted by atomic mass is 16.5. The maximum atomic E-state index is 14.2. The summed E-state index contributed by atoms with van der Waals surface area (Å²) >= 11 is 0. The molecule has 0 N–H and O–H groups in total. The van der Waals surface area contributed by atoms with Gasteiger partial charge in [0, 0.05) is 24.7 Å². The molecule has 0 saturated carbocycles. The first kappa shape index (κ1) is 29.2. The van der Waals surface area contributed by atoms with Crippen molar-refractivity contribution in [3.8, 4) is 5.75 Å². The van der Waals surface area contributed by atoms with Crippen molar-refractivity contribution in [2.75, 3.05) is 7.11 Å². The molecule has 39 heavy (non-hydrogen) atoms. The SMILES string of the molecule is CC/C=C\C[C@@H]1C[C@H]2CC[C@@H](C[C@H](CCCCC)OCc3ccccc3)N2C(=O)N1Cc1ccc(OC)cc1. The van der Waals surface area contributed by atoms with Gasteiger partial charge >= 0.3 is 6.03 Å². The van der Waals surface area contributed by atoms with Gasteiger partial charge in [0.05, 0.1) is 19.8 Å². The largest absolute Gasteiger partial charge is 0.497 e. The monoisotopic (exact) mass is 532 g/mol. The highest BCUT2D eigenvalue weighted by molar-refractivity contribution is 5.77. The molecule has 212 valence electrons. The lowest BCUT2D eigenvalue weighted by molar-refractivity contribution is 0.00486. The number of hydrogen-bond acceptors (Lipinski definition) is 3. The smallest absolute Gasteiger partial charge is 0.321 e. The lowest BCUT2D eigenvalue weighted by Crippen LogP contribution is -2.58. The van der Waals surface area contributed by atoms with E-state index in [1.54, 1.807) is 7.11 Å². The van der Waals surface area contributed by atoms with Gasteiger partial charge in [0.15, 0.2) is 0 Å². The van der Waals surface area contributed by atoms with E-state index < -0.39 is 0 Å². The van der Waals surface area contributed by atoms with E-state index in [9.17, 15) is 4.79 Å². The Morgan fingerprint density at radius 1 is 0.949 bits per heavy atom. The standard InChI is InChI=1S/C34H48N2O3/c1-4-6-9-15-29-23-30-19-20-31(24-33(16-10-7-5-2)39-26-28-13-11-8-12-14-28)36(30)34(37)35(29)25-27-17-21-32(38-3)22-18-27/h6,8-9,11-14,17-18,21-22,29-31,33H,4-5,7,10,15-16,19-20,23-26H2,1-3H3/b9-6-/t29-,30-,31+,33+/m1/s1. The minimum absolute atomic E-state index is 0.175. The second-order valence-electron chi connectivity index (χ2n) is 11.2.